The smallest absolute Gasteiger partial charge is 0.179 e. The van der Waals surface area contributed by atoms with Crippen LogP contribution in [0.25, 0.3) is 0 Å². The molecular weight excluding hydrogens is 326 g/mol. The van der Waals surface area contributed by atoms with Gasteiger partial charge < -0.3 is 5.73 Å². The molecule has 0 aliphatic heterocycles. The lowest BCUT2D eigenvalue weighted by Gasteiger charge is -2.21. The molecule has 0 saturated carbocycles. The van der Waals surface area contributed by atoms with E-state index >= 15 is 0 Å². The Bertz CT molecular complexity index is 512. The summed E-state index contributed by atoms with van der Waals surface area (Å²) in [5.74, 6) is 0.191. The van der Waals surface area contributed by atoms with E-state index in [2.05, 4.69) is 29.8 Å². The van der Waals surface area contributed by atoms with Gasteiger partial charge in [0.1, 0.15) is 0 Å². The first-order chi connectivity index (χ1) is 8.78. The fourth-order valence-corrected chi connectivity index (χ4v) is 4.28. The van der Waals surface area contributed by atoms with E-state index in [4.69, 9.17) is 5.73 Å². The van der Waals surface area contributed by atoms with Crippen LogP contribution in [-0.2, 0) is 9.84 Å². The number of hydrogen-bond donors (Lipinski definition) is 1. The van der Waals surface area contributed by atoms with Gasteiger partial charge in [-0.05, 0) is 52.9 Å². The first kappa shape index (κ1) is 16.7. The molecular formula is C14H22BrNO2S. The highest BCUT2D eigenvalue weighted by atomic mass is 79.9. The zero-order chi connectivity index (χ0) is 14.5. The second-order valence-electron chi connectivity index (χ2n) is 5.57. The quantitative estimate of drug-likeness (QED) is 0.769. The molecule has 0 saturated heterocycles. The maximum atomic E-state index is 12.2. The molecule has 5 heteroatoms. The Kier molecular flexibility index (Phi) is 6.02. The zero-order valence-electron chi connectivity index (χ0n) is 11.5. The minimum absolute atomic E-state index is 0.0943. The maximum absolute atomic E-state index is 12.2. The molecule has 3 nitrogen and oxygen atoms in total. The van der Waals surface area contributed by atoms with E-state index in [1.165, 1.54) is 0 Å². The molecule has 0 bridgehead atoms. The molecule has 0 fully saturated rings. The van der Waals surface area contributed by atoms with Crippen molar-refractivity contribution in [1.29, 1.82) is 0 Å². The van der Waals surface area contributed by atoms with Crippen molar-refractivity contribution in [2.75, 3.05) is 12.3 Å². The van der Waals surface area contributed by atoms with Crippen molar-refractivity contribution in [3.05, 3.63) is 28.7 Å². The summed E-state index contributed by atoms with van der Waals surface area (Å²) in [4.78, 5) is 0.382. The lowest BCUT2D eigenvalue weighted by molar-refractivity contribution is 0.335. The van der Waals surface area contributed by atoms with E-state index in [1.54, 1.807) is 18.2 Å². The monoisotopic (exact) mass is 347 g/mol. The largest absolute Gasteiger partial charge is 0.330 e. The summed E-state index contributed by atoms with van der Waals surface area (Å²) in [6.45, 7) is 4.84. The van der Waals surface area contributed by atoms with Crippen LogP contribution in [0.3, 0.4) is 0 Å². The lowest BCUT2D eigenvalue weighted by Crippen LogP contribution is -2.23. The third-order valence-electron chi connectivity index (χ3n) is 3.24. The highest BCUT2D eigenvalue weighted by molar-refractivity contribution is 9.10. The SMILES string of the molecule is CC(C)(CN)CCCCS(=O)(=O)c1ccccc1Br. The predicted octanol–water partition coefficient (Wildman–Crippen LogP) is 3.38. The summed E-state index contributed by atoms with van der Waals surface area (Å²) < 4.78 is 25.0. The third kappa shape index (κ3) is 5.24. The van der Waals surface area contributed by atoms with Crippen molar-refractivity contribution < 1.29 is 8.42 Å². The molecule has 1 aromatic rings. The van der Waals surface area contributed by atoms with E-state index < -0.39 is 9.84 Å². The summed E-state index contributed by atoms with van der Waals surface area (Å²) >= 11 is 3.29. The van der Waals surface area contributed by atoms with Gasteiger partial charge in [-0.15, -0.1) is 0 Å². The Morgan fingerprint density at radius 2 is 1.84 bits per heavy atom. The zero-order valence-corrected chi connectivity index (χ0v) is 13.9. The van der Waals surface area contributed by atoms with Gasteiger partial charge in [0.25, 0.3) is 0 Å². The van der Waals surface area contributed by atoms with Gasteiger partial charge in [-0.25, -0.2) is 8.42 Å². The number of benzene rings is 1. The number of rotatable bonds is 7. The van der Waals surface area contributed by atoms with Crippen molar-refractivity contribution >= 4 is 25.8 Å². The van der Waals surface area contributed by atoms with Crippen LogP contribution in [0.15, 0.2) is 33.6 Å². The normalized spacial score (nSPS) is 12.6. The van der Waals surface area contributed by atoms with Crippen molar-refractivity contribution in [2.45, 2.75) is 38.0 Å². The molecule has 19 heavy (non-hydrogen) atoms. The average Bonchev–Trinajstić information content (AvgIpc) is 2.35. The maximum Gasteiger partial charge on any atom is 0.179 e. The molecule has 0 amide bonds. The molecule has 0 unspecified atom stereocenters. The highest BCUT2D eigenvalue weighted by Gasteiger charge is 2.19. The molecule has 0 radical (unpaired) electrons. The number of nitrogens with two attached hydrogens (primary N) is 1. The lowest BCUT2D eigenvalue weighted by atomic mass is 9.88. The van der Waals surface area contributed by atoms with Crippen molar-refractivity contribution in [3.63, 3.8) is 0 Å². The van der Waals surface area contributed by atoms with Gasteiger partial charge in [-0.2, -0.15) is 0 Å². The topological polar surface area (TPSA) is 60.2 Å². The summed E-state index contributed by atoms with van der Waals surface area (Å²) in [5, 5.41) is 0. The van der Waals surface area contributed by atoms with Crippen LogP contribution < -0.4 is 5.73 Å². The second kappa shape index (κ2) is 6.86. The highest BCUT2D eigenvalue weighted by Crippen LogP contribution is 2.25. The molecule has 0 spiro atoms. The van der Waals surface area contributed by atoms with Gasteiger partial charge in [0, 0.05) is 4.47 Å². The van der Waals surface area contributed by atoms with Crippen LogP contribution in [0.4, 0.5) is 0 Å². The summed E-state index contributed by atoms with van der Waals surface area (Å²) in [5.41, 5.74) is 5.76. The molecule has 0 heterocycles. The number of unbranched alkanes of at least 4 members (excludes halogenated alkanes) is 1. The Morgan fingerprint density at radius 1 is 1.21 bits per heavy atom. The molecule has 2 N–H and O–H groups in total. The summed E-state index contributed by atoms with van der Waals surface area (Å²) in [6, 6.07) is 6.95. The van der Waals surface area contributed by atoms with E-state index in [0.29, 0.717) is 22.3 Å². The molecule has 0 atom stereocenters. The fourth-order valence-electron chi connectivity index (χ4n) is 1.80. The van der Waals surface area contributed by atoms with Crippen molar-refractivity contribution in [2.24, 2.45) is 11.1 Å². The molecule has 1 rings (SSSR count). The van der Waals surface area contributed by atoms with Gasteiger partial charge >= 0.3 is 0 Å². The molecule has 0 aliphatic rings. The third-order valence-corrected chi connectivity index (χ3v) is 6.05. The average molecular weight is 348 g/mol. The Hall–Kier alpha value is -0.390. The standard InChI is InChI=1S/C14H22BrNO2S/c1-14(2,11-16)9-5-6-10-19(17,18)13-8-4-3-7-12(13)15/h3-4,7-8H,5-6,9-11,16H2,1-2H3. The molecule has 108 valence electrons. The number of sulfone groups is 1. The molecule has 0 aliphatic carbocycles. The molecule has 1 aromatic carbocycles. The number of hydrogen-bond acceptors (Lipinski definition) is 3. The van der Waals surface area contributed by atoms with Crippen LogP contribution in [0, 0.1) is 5.41 Å². The van der Waals surface area contributed by atoms with Crippen LogP contribution in [-0.4, -0.2) is 20.7 Å². The Labute approximate surface area is 124 Å². The number of halogens is 1. The van der Waals surface area contributed by atoms with Crippen LogP contribution in [0.1, 0.15) is 33.1 Å². The van der Waals surface area contributed by atoms with Crippen LogP contribution in [0.2, 0.25) is 0 Å². The van der Waals surface area contributed by atoms with E-state index in [1.807, 2.05) is 6.07 Å². The Balaban J connectivity index is 2.56. The summed E-state index contributed by atoms with van der Waals surface area (Å²) in [7, 11) is -3.19. The van der Waals surface area contributed by atoms with E-state index in [0.717, 1.165) is 12.8 Å². The first-order valence-corrected chi connectivity index (χ1v) is 8.90. The summed E-state index contributed by atoms with van der Waals surface area (Å²) in [6.07, 6.45) is 2.51. The van der Waals surface area contributed by atoms with Gasteiger partial charge in [0.15, 0.2) is 9.84 Å². The van der Waals surface area contributed by atoms with Crippen LogP contribution in [0.5, 0.6) is 0 Å². The van der Waals surface area contributed by atoms with E-state index in [-0.39, 0.29) is 11.2 Å². The van der Waals surface area contributed by atoms with Crippen molar-refractivity contribution in [1.82, 2.24) is 0 Å². The van der Waals surface area contributed by atoms with Gasteiger partial charge in [0.2, 0.25) is 0 Å². The van der Waals surface area contributed by atoms with Crippen molar-refractivity contribution in [3.8, 4) is 0 Å². The Morgan fingerprint density at radius 3 is 2.42 bits per heavy atom. The predicted molar refractivity (Wildman–Crippen MR) is 82.9 cm³/mol. The van der Waals surface area contributed by atoms with Crippen LogP contribution >= 0.6 is 15.9 Å². The molecule has 0 aromatic heterocycles. The first-order valence-electron chi connectivity index (χ1n) is 6.46. The minimum atomic E-state index is -3.19. The fraction of sp³-hybridized carbons (Fsp3) is 0.571. The van der Waals surface area contributed by atoms with Gasteiger partial charge in [0.05, 0.1) is 10.6 Å². The van der Waals surface area contributed by atoms with E-state index in [9.17, 15) is 8.42 Å². The van der Waals surface area contributed by atoms with Gasteiger partial charge in [-0.3, -0.25) is 0 Å². The second-order valence-corrected chi connectivity index (χ2v) is 8.51. The minimum Gasteiger partial charge on any atom is -0.330 e. The van der Waals surface area contributed by atoms with Gasteiger partial charge in [-0.1, -0.05) is 32.4 Å².